The standard InChI is InChI=1S/C4H9N.CH4S/c1-2-4-5-3-1;1-2/h5H,1-4H2;2H,1H3. The molecule has 0 aliphatic carbocycles. The van der Waals surface area contributed by atoms with E-state index in [2.05, 4.69) is 17.9 Å². The van der Waals surface area contributed by atoms with Gasteiger partial charge in [0.15, 0.2) is 0 Å². The number of hydrogen-bond donors (Lipinski definition) is 2. The first kappa shape index (κ1) is 7.31. The molecule has 0 aromatic heterocycles. The average Bonchev–Trinajstić information content (AvgIpc) is 2.23. The summed E-state index contributed by atoms with van der Waals surface area (Å²) in [5.74, 6) is 0. The predicted octanol–water partition coefficient (Wildman–Crippen LogP) is 0.916. The zero-order chi connectivity index (χ0) is 5.54. The Morgan fingerprint density at radius 2 is 1.57 bits per heavy atom. The van der Waals surface area contributed by atoms with Crippen LogP contribution in [0.1, 0.15) is 12.8 Å². The highest BCUT2D eigenvalue weighted by Crippen LogP contribution is 1.90. The third-order valence-corrected chi connectivity index (χ3v) is 0.957. The molecule has 1 fully saturated rings. The van der Waals surface area contributed by atoms with Gasteiger partial charge in [-0.1, -0.05) is 0 Å². The summed E-state index contributed by atoms with van der Waals surface area (Å²) in [5, 5.41) is 3.22. The highest BCUT2D eigenvalue weighted by atomic mass is 32.1. The molecule has 0 amide bonds. The van der Waals surface area contributed by atoms with E-state index < -0.39 is 0 Å². The largest absolute Gasteiger partial charge is 0.317 e. The molecule has 7 heavy (non-hydrogen) atoms. The second-order valence-electron chi connectivity index (χ2n) is 1.46. The van der Waals surface area contributed by atoms with Crippen molar-refractivity contribution >= 4 is 12.6 Å². The van der Waals surface area contributed by atoms with E-state index in [1.54, 1.807) is 6.26 Å². The van der Waals surface area contributed by atoms with Gasteiger partial charge in [-0.25, -0.2) is 0 Å². The van der Waals surface area contributed by atoms with Crippen LogP contribution in [0.3, 0.4) is 0 Å². The fraction of sp³-hybridized carbons (Fsp3) is 1.00. The minimum Gasteiger partial charge on any atom is -0.317 e. The summed E-state index contributed by atoms with van der Waals surface area (Å²) < 4.78 is 0. The molecule has 0 spiro atoms. The average molecular weight is 119 g/mol. The first-order valence-corrected chi connectivity index (χ1v) is 3.55. The van der Waals surface area contributed by atoms with Gasteiger partial charge in [-0.05, 0) is 32.2 Å². The lowest BCUT2D eigenvalue weighted by atomic mass is 10.4. The van der Waals surface area contributed by atoms with Gasteiger partial charge in [0.1, 0.15) is 0 Å². The van der Waals surface area contributed by atoms with Crippen LogP contribution in [0.4, 0.5) is 0 Å². The van der Waals surface area contributed by atoms with Gasteiger partial charge in [0.25, 0.3) is 0 Å². The van der Waals surface area contributed by atoms with Crippen LogP contribution in [0.25, 0.3) is 0 Å². The van der Waals surface area contributed by atoms with Crippen LogP contribution in [0.2, 0.25) is 0 Å². The van der Waals surface area contributed by atoms with Gasteiger partial charge in [-0.15, -0.1) is 0 Å². The van der Waals surface area contributed by atoms with E-state index in [0.29, 0.717) is 0 Å². The molecule has 1 heterocycles. The van der Waals surface area contributed by atoms with Gasteiger partial charge in [0.05, 0.1) is 0 Å². The SMILES string of the molecule is C1CCNC1.CS. The molecular formula is C5H13NS. The van der Waals surface area contributed by atoms with E-state index in [4.69, 9.17) is 0 Å². The van der Waals surface area contributed by atoms with E-state index >= 15 is 0 Å². The van der Waals surface area contributed by atoms with E-state index in [9.17, 15) is 0 Å². The molecule has 1 rings (SSSR count). The lowest BCUT2D eigenvalue weighted by molar-refractivity contribution is 0.857. The van der Waals surface area contributed by atoms with Crippen LogP contribution in [0.15, 0.2) is 0 Å². The summed E-state index contributed by atoms with van der Waals surface area (Å²) >= 11 is 3.53. The molecular weight excluding hydrogens is 106 g/mol. The van der Waals surface area contributed by atoms with Crippen LogP contribution >= 0.6 is 12.6 Å². The summed E-state index contributed by atoms with van der Waals surface area (Å²) in [6.45, 7) is 2.50. The summed E-state index contributed by atoms with van der Waals surface area (Å²) in [6, 6.07) is 0. The minimum atomic E-state index is 1.25. The predicted molar refractivity (Wildman–Crippen MR) is 37.0 cm³/mol. The third-order valence-electron chi connectivity index (χ3n) is 0.957. The van der Waals surface area contributed by atoms with Crippen molar-refractivity contribution in [3.05, 3.63) is 0 Å². The summed E-state index contributed by atoms with van der Waals surface area (Å²) in [7, 11) is 0. The van der Waals surface area contributed by atoms with Crippen LogP contribution in [-0.2, 0) is 0 Å². The van der Waals surface area contributed by atoms with E-state index in [1.807, 2.05) is 0 Å². The Labute approximate surface area is 50.9 Å². The molecule has 0 atom stereocenters. The molecule has 0 aromatic carbocycles. The number of thiol groups is 1. The molecule has 1 saturated heterocycles. The Kier molecular flexibility index (Phi) is 6.59. The van der Waals surface area contributed by atoms with Crippen molar-refractivity contribution in [1.82, 2.24) is 5.32 Å². The lowest BCUT2D eigenvalue weighted by Gasteiger charge is -1.76. The summed E-state index contributed by atoms with van der Waals surface area (Å²) in [6.07, 6.45) is 4.47. The van der Waals surface area contributed by atoms with Crippen molar-refractivity contribution in [2.75, 3.05) is 19.3 Å². The molecule has 0 unspecified atom stereocenters. The molecule has 0 radical (unpaired) electrons. The zero-order valence-electron chi connectivity index (χ0n) is 4.78. The third kappa shape index (κ3) is 4.16. The molecule has 0 saturated carbocycles. The molecule has 2 heteroatoms. The van der Waals surface area contributed by atoms with Crippen molar-refractivity contribution in [3.63, 3.8) is 0 Å². The second kappa shape index (κ2) is 6.31. The van der Waals surface area contributed by atoms with Crippen LogP contribution in [0, 0.1) is 0 Å². The van der Waals surface area contributed by atoms with Gasteiger partial charge >= 0.3 is 0 Å². The second-order valence-corrected chi connectivity index (χ2v) is 1.46. The molecule has 44 valence electrons. The molecule has 1 aliphatic heterocycles. The number of rotatable bonds is 0. The smallest absolute Gasteiger partial charge is 0.00484 e. The first-order chi connectivity index (χ1) is 3.50. The maximum atomic E-state index is 3.53. The van der Waals surface area contributed by atoms with Gasteiger partial charge < -0.3 is 5.32 Å². The van der Waals surface area contributed by atoms with Crippen molar-refractivity contribution in [3.8, 4) is 0 Å². The number of hydrogen-bond acceptors (Lipinski definition) is 2. The highest BCUT2D eigenvalue weighted by Gasteiger charge is 1.93. The normalized spacial score (nSPS) is 18.0. The lowest BCUT2D eigenvalue weighted by Crippen LogP contribution is -2.03. The quantitative estimate of drug-likeness (QED) is 0.452. The van der Waals surface area contributed by atoms with E-state index in [-0.39, 0.29) is 0 Å². The Morgan fingerprint density at radius 3 is 1.71 bits per heavy atom. The van der Waals surface area contributed by atoms with Crippen LogP contribution in [-0.4, -0.2) is 19.3 Å². The molecule has 0 aromatic rings. The van der Waals surface area contributed by atoms with E-state index in [0.717, 1.165) is 0 Å². The van der Waals surface area contributed by atoms with Gasteiger partial charge in [0, 0.05) is 0 Å². The molecule has 1 aliphatic rings. The molecule has 1 N–H and O–H groups in total. The van der Waals surface area contributed by atoms with Crippen molar-refractivity contribution in [1.29, 1.82) is 0 Å². The van der Waals surface area contributed by atoms with Gasteiger partial charge in [-0.2, -0.15) is 12.6 Å². The highest BCUT2D eigenvalue weighted by molar-refractivity contribution is 7.79. The summed E-state index contributed by atoms with van der Waals surface area (Å²) in [5.41, 5.74) is 0. The van der Waals surface area contributed by atoms with E-state index in [1.165, 1.54) is 25.9 Å². The Bertz CT molecular complexity index is 19.7. The molecule has 0 bridgehead atoms. The Hall–Kier alpha value is 0.310. The maximum absolute atomic E-state index is 3.53. The van der Waals surface area contributed by atoms with Gasteiger partial charge in [-0.3, -0.25) is 0 Å². The monoisotopic (exact) mass is 119 g/mol. The van der Waals surface area contributed by atoms with Crippen molar-refractivity contribution in [2.45, 2.75) is 12.8 Å². The topological polar surface area (TPSA) is 12.0 Å². The van der Waals surface area contributed by atoms with Crippen LogP contribution < -0.4 is 5.32 Å². The zero-order valence-corrected chi connectivity index (χ0v) is 5.67. The minimum absolute atomic E-state index is 1.25. The fourth-order valence-corrected chi connectivity index (χ4v) is 0.625. The van der Waals surface area contributed by atoms with Gasteiger partial charge in [0.2, 0.25) is 0 Å². The maximum Gasteiger partial charge on any atom is -0.00484 e. The van der Waals surface area contributed by atoms with Crippen LogP contribution in [0.5, 0.6) is 0 Å². The van der Waals surface area contributed by atoms with Crippen molar-refractivity contribution in [2.24, 2.45) is 0 Å². The fourth-order valence-electron chi connectivity index (χ4n) is 0.625. The number of nitrogens with one attached hydrogen (secondary N) is 1. The Balaban J connectivity index is 0.000000162. The van der Waals surface area contributed by atoms with Crippen molar-refractivity contribution < 1.29 is 0 Å². The first-order valence-electron chi connectivity index (χ1n) is 2.65. The Morgan fingerprint density at radius 1 is 1.14 bits per heavy atom. The molecule has 1 nitrogen and oxygen atoms in total. The summed E-state index contributed by atoms with van der Waals surface area (Å²) in [4.78, 5) is 0.